The van der Waals surface area contributed by atoms with Gasteiger partial charge in [0.25, 0.3) is 6.01 Å². The highest BCUT2D eigenvalue weighted by Crippen LogP contribution is 2.40. The standard InChI is InChI=1S/C33H38FN3O5/c1-4-40-18-6-7-24(31(41-5-2)21(3)22-8-11-25(34)12-9-22)20-37-17-16-26-27(14-15-29(26)37)35-33-36-28-13-10-23(32(38)39)19-30(28)42-33/h6-13,19,26-27,29H,3-5,14-18,20H2,1-2H3,(H,35,36)(H,38,39)/b7-6-,31-24-. The molecule has 1 saturated heterocycles. The second kappa shape index (κ2) is 13.4. The van der Waals surface area contributed by atoms with Gasteiger partial charge in [-0.2, -0.15) is 4.98 Å². The minimum absolute atomic E-state index is 0.172. The number of halogens is 1. The molecule has 2 N–H and O–H groups in total. The molecular formula is C33H38FN3O5. The Morgan fingerprint density at radius 1 is 1.17 bits per heavy atom. The van der Waals surface area contributed by atoms with Crippen LogP contribution in [0.3, 0.4) is 0 Å². The summed E-state index contributed by atoms with van der Waals surface area (Å²) < 4.78 is 31.2. The first-order valence-electron chi connectivity index (χ1n) is 14.6. The largest absolute Gasteiger partial charge is 0.493 e. The molecule has 3 aromatic rings. The minimum atomic E-state index is -0.998. The third-order valence-corrected chi connectivity index (χ3v) is 8.11. The fraction of sp³-hybridized carbons (Fsp3) is 0.394. The van der Waals surface area contributed by atoms with Gasteiger partial charge in [-0.15, -0.1) is 0 Å². The van der Waals surface area contributed by atoms with Crippen molar-refractivity contribution in [2.24, 2.45) is 5.92 Å². The molecule has 0 spiro atoms. The zero-order valence-corrected chi connectivity index (χ0v) is 24.1. The van der Waals surface area contributed by atoms with Gasteiger partial charge in [-0.3, -0.25) is 4.90 Å². The summed E-state index contributed by atoms with van der Waals surface area (Å²) in [7, 11) is 0. The summed E-state index contributed by atoms with van der Waals surface area (Å²) in [6.07, 6.45) is 7.11. The lowest BCUT2D eigenvalue weighted by atomic mass is 9.99. The summed E-state index contributed by atoms with van der Waals surface area (Å²) in [5.41, 5.74) is 3.80. The van der Waals surface area contributed by atoms with Crippen LogP contribution >= 0.6 is 0 Å². The van der Waals surface area contributed by atoms with Crippen molar-refractivity contribution in [1.82, 2.24) is 9.88 Å². The van der Waals surface area contributed by atoms with Gasteiger partial charge in [0.1, 0.15) is 17.1 Å². The monoisotopic (exact) mass is 575 g/mol. The van der Waals surface area contributed by atoms with Crippen LogP contribution in [0.25, 0.3) is 16.7 Å². The van der Waals surface area contributed by atoms with E-state index in [0.717, 1.165) is 42.5 Å². The molecule has 1 saturated carbocycles. The molecule has 3 atom stereocenters. The molecule has 2 aliphatic rings. The molecule has 2 aromatic carbocycles. The molecule has 0 radical (unpaired) electrons. The summed E-state index contributed by atoms with van der Waals surface area (Å²) in [6, 6.07) is 12.0. The lowest BCUT2D eigenvalue weighted by Gasteiger charge is -2.26. The molecule has 8 nitrogen and oxygen atoms in total. The van der Waals surface area contributed by atoms with Gasteiger partial charge < -0.3 is 24.3 Å². The quantitative estimate of drug-likeness (QED) is 0.135. The number of anilines is 1. The number of fused-ring (bicyclic) bond motifs is 2. The second-order valence-electron chi connectivity index (χ2n) is 10.7. The van der Waals surface area contributed by atoms with Crippen LogP contribution in [0.15, 0.2) is 76.9 Å². The van der Waals surface area contributed by atoms with Gasteiger partial charge in [-0.25, -0.2) is 9.18 Å². The number of nitrogens with one attached hydrogen (secondary N) is 1. The number of carbonyl (C=O) groups is 1. The van der Waals surface area contributed by atoms with Crippen molar-refractivity contribution in [2.45, 2.75) is 45.2 Å². The number of carboxylic acid groups (broad SMARTS) is 1. The van der Waals surface area contributed by atoms with E-state index in [2.05, 4.69) is 27.9 Å². The van der Waals surface area contributed by atoms with Crippen LogP contribution in [-0.2, 0) is 9.47 Å². The van der Waals surface area contributed by atoms with E-state index in [9.17, 15) is 14.3 Å². The number of benzene rings is 2. The Morgan fingerprint density at radius 3 is 2.69 bits per heavy atom. The van der Waals surface area contributed by atoms with Gasteiger partial charge in [0.05, 0.1) is 18.8 Å². The van der Waals surface area contributed by atoms with E-state index in [1.165, 1.54) is 24.3 Å². The second-order valence-corrected chi connectivity index (χ2v) is 10.7. The van der Waals surface area contributed by atoms with Gasteiger partial charge in [0.2, 0.25) is 0 Å². The SMILES string of the molecule is C=C(/C(OCC)=C(\C=C/COCC)CN1CCC2C(Nc3nc4ccc(C(=O)O)cc4o3)CCC21)c1ccc(F)cc1. The Kier molecular flexibility index (Phi) is 9.39. The molecule has 42 heavy (non-hydrogen) atoms. The zero-order valence-electron chi connectivity index (χ0n) is 24.1. The summed E-state index contributed by atoms with van der Waals surface area (Å²) in [5.74, 6) is -0.164. The lowest BCUT2D eigenvalue weighted by molar-refractivity contribution is 0.0697. The fourth-order valence-electron chi connectivity index (χ4n) is 6.12. The van der Waals surface area contributed by atoms with E-state index in [4.69, 9.17) is 13.9 Å². The molecular weight excluding hydrogens is 537 g/mol. The molecule has 5 rings (SSSR count). The summed E-state index contributed by atoms with van der Waals surface area (Å²) in [4.78, 5) is 18.4. The average molecular weight is 576 g/mol. The van der Waals surface area contributed by atoms with Crippen molar-refractivity contribution in [1.29, 1.82) is 0 Å². The van der Waals surface area contributed by atoms with Gasteiger partial charge >= 0.3 is 5.97 Å². The van der Waals surface area contributed by atoms with Gasteiger partial charge in [-0.05, 0) is 81.5 Å². The van der Waals surface area contributed by atoms with Crippen LogP contribution in [0.5, 0.6) is 0 Å². The van der Waals surface area contributed by atoms with E-state index in [-0.39, 0.29) is 17.4 Å². The number of hydrogen-bond donors (Lipinski definition) is 2. The Hall–Kier alpha value is -3.95. The van der Waals surface area contributed by atoms with Crippen LogP contribution in [0.2, 0.25) is 0 Å². The Labute approximate surface area is 245 Å². The molecule has 0 amide bonds. The molecule has 9 heteroatoms. The van der Waals surface area contributed by atoms with E-state index in [0.29, 0.717) is 61.2 Å². The molecule has 222 valence electrons. The van der Waals surface area contributed by atoms with Crippen molar-refractivity contribution in [3.05, 3.63) is 89.5 Å². The maximum Gasteiger partial charge on any atom is 0.335 e. The number of hydrogen-bond acceptors (Lipinski definition) is 7. The molecule has 1 aliphatic carbocycles. The number of nitrogens with zero attached hydrogens (tertiary/aromatic N) is 2. The molecule has 3 unspecified atom stereocenters. The fourth-order valence-corrected chi connectivity index (χ4v) is 6.12. The van der Waals surface area contributed by atoms with E-state index < -0.39 is 5.97 Å². The van der Waals surface area contributed by atoms with E-state index >= 15 is 0 Å². The van der Waals surface area contributed by atoms with Crippen LogP contribution in [0.4, 0.5) is 10.4 Å². The first kappa shape index (κ1) is 29.5. The number of carboxylic acids is 1. The molecule has 2 heterocycles. The van der Waals surface area contributed by atoms with Crippen LogP contribution in [0, 0.1) is 11.7 Å². The summed E-state index contributed by atoms with van der Waals surface area (Å²) >= 11 is 0. The highest BCUT2D eigenvalue weighted by Gasteiger charge is 2.44. The normalized spacial score (nSPS) is 21.1. The van der Waals surface area contributed by atoms with Gasteiger partial charge in [0.15, 0.2) is 5.58 Å². The van der Waals surface area contributed by atoms with Crippen molar-refractivity contribution in [3.63, 3.8) is 0 Å². The predicted molar refractivity (Wildman–Crippen MR) is 161 cm³/mol. The third kappa shape index (κ3) is 6.58. The van der Waals surface area contributed by atoms with Crippen molar-refractivity contribution >= 4 is 28.7 Å². The number of aromatic carboxylic acids is 1. The van der Waals surface area contributed by atoms with Crippen molar-refractivity contribution in [3.8, 4) is 0 Å². The zero-order chi connectivity index (χ0) is 29.6. The smallest absolute Gasteiger partial charge is 0.335 e. The maximum atomic E-state index is 13.6. The first-order chi connectivity index (χ1) is 20.4. The maximum absolute atomic E-state index is 13.6. The number of likely N-dealkylation sites (tertiary alicyclic amines) is 1. The minimum Gasteiger partial charge on any atom is -0.493 e. The first-order valence-corrected chi connectivity index (χ1v) is 14.6. The van der Waals surface area contributed by atoms with Crippen LogP contribution in [-0.4, -0.2) is 66.0 Å². The van der Waals surface area contributed by atoms with Gasteiger partial charge in [-0.1, -0.05) is 30.9 Å². The number of rotatable bonds is 13. The average Bonchev–Trinajstić information content (AvgIpc) is 3.69. The highest BCUT2D eigenvalue weighted by molar-refractivity contribution is 5.92. The number of ether oxygens (including phenoxy) is 2. The number of allylic oxidation sites excluding steroid dienone is 1. The van der Waals surface area contributed by atoms with E-state index in [1.54, 1.807) is 18.2 Å². The molecule has 1 aromatic heterocycles. The van der Waals surface area contributed by atoms with Crippen LogP contribution in [0.1, 0.15) is 49.0 Å². The number of aromatic nitrogens is 1. The van der Waals surface area contributed by atoms with Crippen molar-refractivity contribution in [2.75, 3.05) is 38.2 Å². The molecule has 2 fully saturated rings. The van der Waals surface area contributed by atoms with Gasteiger partial charge in [0, 0.05) is 36.4 Å². The Bertz CT molecular complexity index is 1480. The highest BCUT2D eigenvalue weighted by atomic mass is 19.1. The topological polar surface area (TPSA) is 97.1 Å². The lowest BCUT2D eigenvalue weighted by Crippen LogP contribution is -2.34. The van der Waals surface area contributed by atoms with Crippen LogP contribution < -0.4 is 5.32 Å². The summed E-state index contributed by atoms with van der Waals surface area (Å²) in [6.45, 7) is 11.5. The van der Waals surface area contributed by atoms with E-state index in [1.807, 2.05) is 19.9 Å². The summed E-state index contributed by atoms with van der Waals surface area (Å²) in [5, 5.41) is 12.8. The molecule has 0 bridgehead atoms. The predicted octanol–water partition coefficient (Wildman–Crippen LogP) is 6.53. The van der Waals surface area contributed by atoms with Crippen molar-refractivity contribution < 1.29 is 28.2 Å². The Balaban J connectivity index is 1.34. The third-order valence-electron chi connectivity index (χ3n) is 8.11. The number of oxazole rings is 1. The Morgan fingerprint density at radius 2 is 1.95 bits per heavy atom. The molecule has 1 aliphatic heterocycles.